The number of pyridine rings is 1. The molecule has 0 radical (unpaired) electrons. The van der Waals surface area contributed by atoms with E-state index in [0.29, 0.717) is 11.4 Å². The molecule has 26 heavy (non-hydrogen) atoms. The zero-order chi connectivity index (χ0) is 18.5. The Bertz CT molecular complexity index is 763. The van der Waals surface area contributed by atoms with E-state index < -0.39 is 6.10 Å². The summed E-state index contributed by atoms with van der Waals surface area (Å²) in [6.07, 6.45) is 1.61. The lowest BCUT2D eigenvalue weighted by molar-refractivity contribution is 0.0869. The van der Waals surface area contributed by atoms with E-state index in [1.165, 1.54) is 11.1 Å². The largest absolute Gasteiger partial charge is 0.475 e. The minimum absolute atomic E-state index is 0.0112. The summed E-state index contributed by atoms with van der Waals surface area (Å²) in [7, 11) is 0. The van der Waals surface area contributed by atoms with Crippen molar-refractivity contribution in [3.05, 3.63) is 59.3 Å². The van der Waals surface area contributed by atoms with E-state index in [2.05, 4.69) is 27.8 Å². The van der Waals surface area contributed by atoms with Crippen LogP contribution in [0.4, 0.5) is 0 Å². The Hall–Kier alpha value is -2.44. The molecule has 138 valence electrons. The Morgan fingerprint density at radius 1 is 1.35 bits per heavy atom. The first kappa shape index (κ1) is 18.4. The summed E-state index contributed by atoms with van der Waals surface area (Å²) in [6, 6.07) is 11.4. The molecule has 2 aromatic rings. The molecule has 0 fully saturated rings. The SMILES string of the molecule is CC(C)Oc1cc(C(=O)NC[C@@H](O)[C@@H]2Cc3ccccc3CN2)ccn1. The summed E-state index contributed by atoms with van der Waals surface area (Å²) < 4.78 is 5.51. The Kier molecular flexibility index (Phi) is 5.85. The summed E-state index contributed by atoms with van der Waals surface area (Å²) in [6.45, 7) is 4.72. The zero-order valence-electron chi connectivity index (χ0n) is 15.1. The van der Waals surface area contributed by atoms with Gasteiger partial charge in [-0.1, -0.05) is 24.3 Å². The first-order valence-electron chi connectivity index (χ1n) is 8.92. The van der Waals surface area contributed by atoms with Crippen molar-refractivity contribution in [3.8, 4) is 5.88 Å². The normalized spacial score (nSPS) is 17.5. The van der Waals surface area contributed by atoms with E-state index in [-0.39, 0.29) is 24.6 Å². The summed E-state index contributed by atoms with van der Waals surface area (Å²) in [4.78, 5) is 16.4. The zero-order valence-corrected chi connectivity index (χ0v) is 15.1. The molecule has 6 nitrogen and oxygen atoms in total. The van der Waals surface area contributed by atoms with Crippen molar-refractivity contribution in [2.24, 2.45) is 0 Å². The molecule has 0 spiro atoms. The third kappa shape index (κ3) is 4.59. The number of carbonyl (C=O) groups excluding carboxylic acids is 1. The minimum Gasteiger partial charge on any atom is -0.475 e. The summed E-state index contributed by atoms with van der Waals surface area (Å²) in [5.41, 5.74) is 2.96. The number of rotatable bonds is 6. The maximum absolute atomic E-state index is 12.3. The molecule has 0 aliphatic carbocycles. The third-order valence-corrected chi connectivity index (χ3v) is 4.40. The molecular formula is C20H25N3O3. The van der Waals surface area contributed by atoms with Gasteiger partial charge in [-0.3, -0.25) is 4.79 Å². The number of hydrogen-bond acceptors (Lipinski definition) is 5. The van der Waals surface area contributed by atoms with Crippen LogP contribution in [0.25, 0.3) is 0 Å². The van der Waals surface area contributed by atoms with Gasteiger partial charge in [0.15, 0.2) is 0 Å². The average molecular weight is 355 g/mol. The molecule has 6 heteroatoms. The highest BCUT2D eigenvalue weighted by Crippen LogP contribution is 2.18. The van der Waals surface area contributed by atoms with Crippen LogP contribution in [0.2, 0.25) is 0 Å². The van der Waals surface area contributed by atoms with E-state index in [1.807, 2.05) is 26.0 Å². The van der Waals surface area contributed by atoms with Gasteiger partial charge in [0.25, 0.3) is 5.91 Å². The summed E-state index contributed by atoms with van der Waals surface area (Å²) in [5.74, 6) is 0.162. The van der Waals surface area contributed by atoms with Crippen LogP contribution in [0.5, 0.6) is 5.88 Å². The van der Waals surface area contributed by atoms with Gasteiger partial charge < -0.3 is 20.5 Å². The maximum Gasteiger partial charge on any atom is 0.251 e. The van der Waals surface area contributed by atoms with Gasteiger partial charge in [-0.25, -0.2) is 4.98 Å². The van der Waals surface area contributed by atoms with Gasteiger partial charge in [-0.2, -0.15) is 0 Å². The Morgan fingerprint density at radius 3 is 2.88 bits per heavy atom. The van der Waals surface area contributed by atoms with Gasteiger partial charge in [0.05, 0.1) is 12.2 Å². The number of amides is 1. The van der Waals surface area contributed by atoms with Crippen LogP contribution in [0, 0.1) is 0 Å². The number of nitrogens with one attached hydrogen (secondary N) is 2. The summed E-state index contributed by atoms with van der Waals surface area (Å²) in [5, 5.41) is 16.6. The average Bonchev–Trinajstić information content (AvgIpc) is 2.65. The van der Waals surface area contributed by atoms with E-state index in [1.54, 1.807) is 18.3 Å². The van der Waals surface area contributed by atoms with Crippen molar-refractivity contribution < 1.29 is 14.6 Å². The van der Waals surface area contributed by atoms with Crippen LogP contribution < -0.4 is 15.4 Å². The van der Waals surface area contributed by atoms with Gasteiger partial charge >= 0.3 is 0 Å². The van der Waals surface area contributed by atoms with Crippen LogP contribution in [0.1, 0.15) is 35.3 Å². The van der Waals surface area contributed by atoms with Crippen LogP contribution >= 0.6 is 0 Å². The fraction of sp³-hybridized carbons (Fsp3) is 0.400. The van der Waals surface area contributed by atoms with Gasteiger partial charge in [0.1, 0.15) is 0 Å². The second-order valence-electron chi connectivity index (χ2n) is 6.79. The lowest BCUT2D eigenvalue weighted by Gasteiger charge is -2.30. The van der Waals surface area contributed by atoms with Crippen LogP contribution in [-0.2, 0) is 13.0 Å². The molecule has 3 rings (SSSR count). The summed E-state index contributed by atoms with van der Waals surface area (Å²) >= 11 is 0. The molecule has 2 atom stereocenters. The number of fused-ring (bicyclic) bond motifs is 1. The van der Waals surface area contributed by atoms with Crippen molar-refractivity contribution >= 4 is 5.91 Å². The van der Waals surface area contributed by atoms with Crippen LogP contribution in [0.3, 0.4) is 0 Å². The second kappa shape index (κ2) is 8.29. The smallest absolute Gasteiger partial charge is 0.251 e. The topological polar surface area (TPSA) is 83.5 Å². The van der Waals surface area contributed by atoms with Gasteiger partial charge in [-0.15, -0.1) is 0 Å². The number of aliphatic hydroxyl groups is 1. The molecule has 1 aromatic heterocycles. The number of hydrogen-bond donors (Lipinski definition) is 3. The highest BCUT2D eigenvalue weighted by atomic mass is 16.5. The third-order valence-electron chi connectivity index (χ3n) is 4.40. The quantitative estimate of drug-likeness (QED) is 0.734. The minimum atomic E-state index is -0.666. The first-order valence-corrected chi connectivity index (χ1v) is 8.92. The molecule has 0 saturated heterocycles. The number of aliphatic hydroxyl groups excluding tert-OH is 1. The van der Waals surface area contributed by atoms with Gasteiger partial charge in [-0.05, 0) is 37.5 Å². The highest BCUT2D eigenvalue weighted by molar-refractivity contribution is 5.94. The standard InChI is InChI=1S/C20H25N3O3/c1-13(2)26-19-10-15(7-8-21-19)20(25)23-12-18(24)17-9-14-5-3-4-6-16(14)11-22-17/h3-8,10,13,17-18,22,24H,9,11-12H2,1-2H3,(H,23,25)/t17-,18+/m0/s1. The Balaban J connectivity index is 1.55. The monoisotopic (exact) mass is 355 g/mol. The lowest BCUT2D eigenvalue weighted by atomic mass is 9.93. The van der Waals surface area contributed by atoms with Gasteiger partial charge in [0, 0.05) is 37.0 Å². The van der Waals surface area contributed by atoms with E-state index >= 15 is 0 Å². The molecule has 2 heterocycles. The molecular weight excluding hydrogens is 330 g/mol. The van der Waals surface area contributed by atoms with E-state index in [4.69, 9.17) is 4.74 Å². The Labute approximate surface area is 153 Å². The van der Waals surface area contributed by atoms with Crippen molar-refractivity contribution in [2.75, 3.05) is 6.54 Å². The molecule has 0 unspecified atom stereocenters. The first-order chi connectivity index (χ1) is 12.5. The van der Waals surface area contributed by atoms with E-state index in [9.17, 15) is 9.90 Å². The predicted octanol–water partition coefficient (Wildman–Crippen LogP) is 1.67. The van der Waals surface area contributed by atoms with Crippen molar-refractivity contribution in [2.45, 2.75) is 45.1 Å². The highest BCUT2D eigenvalue weighted by Gasteiger charge is 2.24. The Morgan fingerprint density at radius 2 is 2.12 bits per heavy atom. The number of ether oxygens (including phenoxy) is 1. The second-order valence-corrected chi connectivity index (χ2v) is 6.79. The van der Waals surface area contributed by atoms with Gasteiger partial charge in [0.2, 0.25) is 5.88 Å². The van der Waals surface area contributed by atoms with Crippen molar-refractivity contribution in [1.82, 2.24) is 15.6 Å². The number of carbonyl (C=O) groups is 1. The van der Waals surface area contributed by atoms with Crippen molar-refractivity contribution in [1.29, 1.82) is 0 Å². The molecule has 1 aromatic carbocycles. The van der Waals surface area contributed by atoms with E-state index in [0.717, 1.165) is 13.0 Å². The molecule has 1 aliphatic heterocycles. The fourth-order valence-electron chi connectivity index (χ4n) is 3.05. The number of nitrogens with zero attached hydrogens (tertiary/aromatic N) is 1. The molecule has 0 bridgehead atoms. The molecule has 1 amide bonds. The number of aromatic nitrogens is 1. The molecule has 1 aliphatic rings. The van der Waals surface area contributed by atoms with Crippen LogP contribution in [0.15, 0.2) is 42.6 Å². The predicted molar refractivity (Wildman–Crippen MR) is 99.1 cm³/mol. The lowest BCUT2D eigenvalue weighted by Crippen LogP contribution is -2.49. The maximum atomic E-state index is 12.3. The fourth-order valence-corrected chi connectivity index (χ4v) is 3.05. The van der Waals surface area contributed by atoms with Crippen molar-refractivity contribution in [3.63, 3.8) is 0 Å². The molecule has 3 N–H and O–H groups in total. The number of benzene rings is 1. The molecule has 0 saturated carbocycles. The van der Waals surface area contributed by atoms with Crippen LogP contribution in [-0.4, -0.2) is 40.8 Å².